The molecule has 3 aromatic rings. The van der Waals surface area contributed by atoms with Crippen LogP contribution in [-0.4, -0.2) is 23.8 Å². The number of rotatable bonds is 6. The van der Waals surface area contributed by atoms with E-state index in [4.69, 9.17) is 9.47 Å². The van der Waals surface area contributed by atoms with E-state index in [1.54, 1.807) is 32.7 Å². The summed E-state index contributed by atoms with van der Waals surface area (Å²) in [7, 11) is 3.14. The Balaban J connectivity index is 2.04. The Labute approximate surface area is 167 Å². The average Bonchev–Trinajstić information content (AvgIpc) is 3.16. The zero-order chi connectivity index (χ0) is 20.1. The Morgan fingerprint density at radius 3 is 2.61 bits per heavy atom. The van der Waals surface area contributed by atoms with Gasteiger partial charge in [0.25, 0.3) is 5.56 Å². The summed E-state index contributed by atoms with van der Waals surface area (Å²) in [5.41, 5.74) is 2.35. The minimum atomic E-state index is -0.106. The molecule has 0 radical (unpaired) electrons. The first-order valence-electron chi connectivity index (χ1n) is 8.79. The Kier molecular flexibility index (Phi) is 6.11. The third-order valence-corrected chi connectivity index (χ3v) is 5.48. The van der Waals surface area contributed by atoms with Gasteiger partial charge in [0.2, 0.25) is 0 Å². The van der Waals surface area contributed by atoms with Crippen molar-refractivity contribution in [2.45, 2.75) is 13.8 Å². The van der Waals surface area contributed by atoms with Crippen molar-refractivity contribution in [1.82, 2.24) is 9.55 Å². The van der Waals surface area contributed by atoms with Crippen molar-refractivity contribution < 1.29 is 9.47 Å². The Morgan fingerprint density at radius 2 is 1.89 bits per heavy atom. The van der Waals surface area contributed by atoms with Crippen LogP contribution in [0.15, 0.2) is 65.8 Å². The summed E-state index contributed by atoms with van der Waals surface area (Å²) in [6.07, 6.45) is 11.5. The number of ether oxygens (including phenoxy) is 2. The number of hydrogen-bond donors (Lipinski definition) is 0. The van der Waals surface area contributed by atoms with Crippen LogP contribution in [0.1, 0.15) is 18.7 Å². The lowest BCUT2D eigenvalue weighted by molar-refractivity contribution is 0.355. The molecule has 28 heavy (non-hydrogen) atoms. The molecule has 0 N–H and O–H groups in total. The predicted octanol–water partition coefficient (Wildman–Crippen LogP) is 5.00. The summed E-state index contributed by atoms with van der Waals surface area (Å²) in [6, 6.07) is 7.30. The van der Waals surface area contributed by atoms with Gasteiger partial charge in [0.15, 0.2) is 11.5 Å². The number of hydrogen-bond acceptors (Lipinski definition) is 5. The van der Waals surface area contributed by atoms with E-state index in [1.807, 2.05) is 56.4 Å². The van der Waals surface area contributed by atoms with Gasteiger partial charge < -0.3 is 9.47 Å². The highest BCUT2D eigenvalue weighted by molar-refractivity contribution is 7.19. The molecule has 5 nitrogen and oxygen atoms in total. The lowest BCUT2D eigenvalue weighted by Gasteiger charge is -2.10. The van der Waals surface area contributed by atoms with Gasteiger partial charge in [0.1, 0.15) is 11.0 Å². The molecule has 144 valence electrons. The molecule has 0 saturated heterocycles. The molecule has 3 rings (SSSR count). The zero-order valence-electron chi connectivity index (χ0n) is 16.3. The second-order valence-corrected chi connectivity index (χ2v) is 7.10. The van der Waals surface area contributed by atoms with Crippen LogP contribution >= 0.6 is 11.3 Å². The van der Waals surface area contributed by atoms with E-state index in [0.717, 1.165) is 10.5 Å². The lowest BCUT2D eigenvalue weighted by Crippen LogP contribution is -2.17. The lowest BCUT2D eigenvalue weighted by atomic mass is 10.2. The number of benzene rings is 1. The third kappa shape index (κ3) is 3.92. The van der Waals surface area contributed by atoms with Crippen LogP contribution < -0.4 is 15.0 Å². The van der Waals surface area contributed by atoms with Gasteiger partial charge in [-0.05, 0) is 37.6 Å². The molecule has 0 spiro atoms. The molecule has 0 bridgehead atoms. The number of methoxy groups -OCH3 is 2. The molecule has 0 aliphatic carbocycles. The van der Waals surface area contributed by atoms with Gasteiger partial charge in [-0.1, -0.05) is 30.4 Å². The molecule has 0 amide bonds. The Hall–Kier alpha value is -3.12. The molecule has 2 heterocycles. The molecule has 1 aromatic carbocycles. The molecule has 0 aliphatic rings. The first kappa shape index (κ1) is 19.6. The maximum absolute atomic E-state index is 13.0. The van der Waals surface area contributed by atoms with Gasteiger partial charge >= 0.3 is 0 Å². The normalized spacial score (nSPS) is 12.4. The van der Waals surface area contributed by atoms with Crippen LogP contribution in [0.5, 0.6) is 11.5 Å². The third-order valence-electron chi connectivity index (χ3n) is 4.23. The molecule has 0 saturated carbocycles. The van der Waals surface area contributed by atoms with Crippen LogP contribution in [0.2, 0.25) is 0 Å². The topological polar surface area (TPSA) is 53.4 Å². The fraction of sp³-hybridized carbons (Fsp3) is 0.182. The molecule has 0 aliphatic heterocycles. The standard InChI is InChI=1S/C22H22N2O3S/c1-5-6-7-8-9-15(2)20-13-17-21(28-20)22(25)24(14-23-17)16-10-11-18(26-3)19(12-16)27-4/h5-14H,1-4H3/b6-5-,8-7-,15-9+. The van der Waals surface area contributed by atoms with Crippen molar-refractivity contribution in [2.24, 2.45) is 0 Å². The molecule has 0 fully saturated rings. The summed E-state index contributed by atoms with van der Waals surface area (Å²) in [5, 5.41) is 0. The second-order valence-electron chi connectivity index (χ2n) is 6.04. The molecular weight excluding hydrogens is 372 g/mol. The summed E-state index contributed by atoms with van der Waals surface area (Å²) in [4.78, 5) is 18.5. The van der Waals surface area contributed by atoms with E-state index in [0.29, 0.717) is 27.4 Å². The minimum Gasteiger partial charge on any atom is -0.493 e. The molecular formula is C22H22N2O3S. The van der Waals surface area contributed by atoms with E-state index < -0.39 is 0 Å². The maximum Gasteiger partial charge on any atom is 0.275 e. The van der Waals surface area contributed by atoms with Gasteiger partial charge in [-0.25, -0.2) is 4.98 Å². The average molecular weight is 394 g/mol. The quantitative estimate of drug-likeness (QED) is 0.552. The smallest absolute Gasteiger partial charge is 0.275 e. The van der Waals surface area contributed by atoms with Crippen LogP contribution in [0.25, 0.3) is 21.5 Å². The largest absolute Gasteiger partial charge is 0.493 e. The summed E-state index contributed by atoms with van der Waals surface area (Å²) in [6.45, 7) is 4.00. The predicted molar refractivity (Wildman–Crippen MR) is 116 cm³/mol. The fourth-order valence-corrected chi connectivity index (χ4v) is 3.74. The number of nitrogens with zero attached hydrogens (tertiary/aromatic N) is 2. The molecule has 0 atom stereocenters. The van der Waals surface area contributed by atoms with Gasteiger partial charge in [-0.3, -0.25) is 9.36 Å². The van der Waals surface area contributed by atoms with Crippen molar-refractivity contribution >= 4 is 27.1 Å². The SMILES string of the molecule is C\C=C/C=C\C=C(/C)c1cc2ncn(-c3ccc(OC)c(OC)c3)c(=O)c2s1. The Bertz CT molecular complexity index is 1140. The number of fused-ring (bicyclic) bond motifs is 1. The molecule has 0 unspecified atom stereocenters. The Morgan fingerprint density at radius 1 is 1.11 bits per heavy atom. The van der Waals surface area contributed by atoms with Gasteiger partial charge in [-0.15, -0.1) is 11.3 Å². The number of aromatic nitrogens is 2. The summed E-state index contributed by atoms with van der Waals surface area (Å²) in [5.74, 6) is 1.17. The van der Waals surface area contributed by atoms with Crippen LogP contribution in [-0.2, 0) is 0 Å². The second kappa shape index (κ2) is 8.71. The monoisotopic (exact) mass is 394 g/mol. The van der Waals surface area contributed by atoms with E-state index in [1.165, 1.54) is 15.9 Å². The summed E-state index contributed by atoms with van der Waals surface area (Å²) < 4.78 is 12.7. The highest BCUT2D eigenvalue weighted by atomic mass is 32.1. The molecule has 2 aromatic heterocycles. The van der Waals surface area contributed by atoms with Crippen molar-refractivity contribution in [2.75, 3.05) is 14.2 Å². The zero-order valence-corrected chi connectivity index (χ0v) is 17.1. The minimum absolute atomic E-state index is 0.106. The maximum atomic E-state index is 13.0. The van der Waals surface area contributed by atoms with Gasteiger partial charge in [-0.2, -0.15) is 0 Å². The van der Waals surface area contributed by atoms with Crippen LogP contribution in [0.4, 0.5) is 0 Å². The van der Waals surface area contributed by atoms with E-state index in [9.17, 15) is 4.79 Å². The highest BCUT2D eigenvalue weighted by Gasteiger charge is 2.13. The van der Waals surface area contributed by atoms with Crippen molar-refractivity contribution in [3.05, 3.63) is 76.2 Å². The van der Waals surface area contributed by atoms with Crippen LogP contribution in [0.3, 0.4) is 0 Å². The van der Waals surface area contributed by atoms with E-state index in [2.05, 4.69) is 4.98 Å². The van der Waals surface area contributed by atoms with E-state index >= 15 is 0 Å². The highest BCUT2D eigenvalue weighted by Crippen LogP contribution is 2.30. The first-order valence-corrected chi connectivity index (χ1v) is 9.61. The fourth-order valence-electron chi connectivity index (χ4n) is 2.72. The van der Waals surface area contributed by atoms with E-state index in [-0.39, 0.29) is 5.56 Å². The first-order chi connectivity index (χ1) is 13.6. The van der Waals surface area contributed by atoms with Crippen molar-refractivity contribution in [3.8, 4) is 17.2 Å². The van der Waals surface area contributed by atoms with Crippen LogP contribution in [0, 0.1) is 0 Å². The number of thiophene rings is 1. The number of allylic oxidation sites excluding steroid dienone is 6. The summed E-state index contributed by atoms with van der Waals surface area (Å²) >= 11 is 1.45. The van der Waals surface area contributed by atoms with Gasteiger partial charge in [0, 0.05) is 10.9 Å². The van der Waals surface area contributed by atoms with Crippen molar-refractivity contribution in [1.29, 1.82) is 0 Å². The molecule has 6 heteroatoms. The van der Waals surface area contributed by atoms with Crippen molar-refractivity contribution in [3.63, 3.8) is 0 Å². The van der Waals surface area contributed by atoms with Gasteiger partial charge in [0.05, 0.1) is 25.4 Å².